The fourth-order valence-electron chi connectivity index (χ4n) is 1.42. The van der Waals surface area contributed by atoms with Gasteiger partial charge in [0.2, 0.25) is 0 Å². The third kappa shape index (κ3) is 1.27. The van der Waals surface area contributed by atoms with Crippen LogP contribution in [-0.4, -0.2) is 24.3 Å². The van der Waals surface area contributed by atoms with Crippen LogP contribution in [0.1, 0.15) is 0 Å². The zero-order valence-electron chi connectivity index (χ0n) is 7.60. The van der Waals surface area contributed by atoms with Crippen molar-refractivity contribution in [1.29, 1.82) is 0 Å². The van der Waals surface area contributed by atoms with Crippen molar-refractivity contribution in [3.8, 4) is 5.75 Å². The Hall–Kier alpha value is -1.46. The van der Waals surface area contributed by atoms with Crippen LogP contribution in [-0.2, 0) is 0 Å². The predicted octanol–water partition coefficient (Wildman–Crippen LogP) is 0.121. The van der Waals surface area contributed by atoms with Crippen molar-refractivity contribution in [2.75, 3.05) is 7.11 Å². The monoisotopic (exact) mass is 192 g/mol. The molecule has 0 unspecified atom stereocenters. The van der Waals surface area contributed by atoms with E-state index in [-0.39, 0.29) is 5.66 Å². The van der Waals surface area contributed by atoms with E-state index in [4.69, 9.17) is 19.2 Å². The molecule has 0 atom stereocenters. The Bertz CT molecular complexity index is 449. The minimum Gasteiger partial charge on any atom is -0.493 e. The van der Waals surface area contributed by atoms with Crippen LogP contribution in [0, 0.1) is 0 Å². The summed E-state index contributed by atoms with van der Waals surface area (Å²) >= 11 is 0. The number of rotatable bonds is 2. The maximum atomic E-state index is 9.02. The largest absolute Gasteiger partial charge is 0.530 e. The maximum Gasteiger partial charge on any atom is 0.530 e. The predicted molar refractivity (Wildman–Crippen MR) is 52.6 cm³/mol. The van der Waals surface area contributed by atoms with Crippen LogP contribution in [0.15, 0.2) is 28.7 Å². The molecule has 5 heteroatoms. The molecule has 4 nitrogen and oxygen atoms in total. The second kappa shape index (κ2) is 3.36. The van der Waals surface area contributed by atoms with Crippen molar-refractivity contribution in [2.24, 2.45) is 0 Å². The first-order chi connectivity index (χ1) is 6.74. The molecule has 0 bridgehead atoms. The molecule has 72 valence electrons. The summed E-state index contributed by atoms with van der Waals surface area (Å²) in [6, 6.07) is 7.17. The molecule has 0 aliphatic carbocycles. The molecule has 0 saturated carbocycles. The molecular formula is C9H9BO4. The van der Waals surface area contributed by atoms with Crippen LogP contribution < -0.4 is 10.4 Å². The zero-order chi connectivity index (χ0) is 10.1. The van der Waals surface area contributed by atoms with Crippen molar-refractivity contribution in [1.82, 2.24) is 0 Å². The van der Waals surface area contributed by atoms with E-state index in [0.29, 0.717) is 11.3 Å². The Kier molecular flexibility index (Phi) is 2.19. The highest BCUT2D eigenvalue weighted by atomic mass is 16.5. The number of fused-ring (bicyclic) bond motifs is 1. The highest BCUT2D eigenvalue weighted by Gasteiger charge is 2.24. The molecule has 1 aromatic carbocycles. The van der Waals surface area contributed by atoms with Crippen molar-refractivity contribution in [3.63, 3.8) is 0 Å². The second-order valence-corrected chi connectivity index (χ2v) is 2.87. The molecule has 0 aliphatic rings. The SMILES string of the molecule is COc1c(B(O)O)oc2ccccc12. The molecule has 0 amide bonds. The van der Waals surface area contributed by atoms with Gasteiger partial charge in [0, 0.05) is 0 Å². The zero-order valence-corrected chi connectivity index (χ0v) is 7.60. The molecule has 1 heterocycles. The fourth-order valence-corrected chi connectivity index (χ4v) is 1.42. The van der Waals surface area contributed by atoms with Gasteiger partial charge >= 0.3 is 7.12 Å². The highest BCUT2D eigenvalue weighted by Crippen LogP contribution is 2.25. The van der Waals surface area contributed by atoms with Crippen LogP contribution in [0.25, 0.3) is 11.0 Å². The third-order valence-corrected chi connectivity index (χ3v) is 2.01. The van der Waals surface area contributed by atoms with E-state index in [9.17, 15) is 0 Å². The van der Waals surface area contributed by atoms with E-state index < -0.39 is 7.12 Å². The van der Waals surface area contributed by atoms with E-state index in [1.165, 1.54) is 7.11 Å². The second-order valence-electron chi connectivity index (χ2n) is 2.87. The summed E-state index contributed by atoms with van der Waals surface area (Å²) in [7, 11) is -0.194. The Morgan fingerprint density at radius 3 is 2.64 bits per heavy atom. The van der Waals surface area contributed by atoms with Crippen molar-refractivity contribution in [2.45, 2.75) is 0 Å². The molecular weight excluding hydrogens is 183 g/mol. The lowest BCUT2D eigenvalue weighted by molar-refractivity contribution is 0.391. The Morgan fingerprint density at radius 1 is 1.29 bits per heavy atom. The lowest BCUT2D eigenvalue weighted by atomic mass is 9.87. The molecule has 0 fully saturated rings. The van der Waals surface area contributed by atoms with Gasteiger partial charge in [-0.2, -0.15) is 0 Å². The highest BCUT2D eigenvalue weighted by molar-refractivity contribution is 6.58. The number of hydrogen-bond acceptors (Lipinski definition) is 4. The smallest absolute Gasteiger partial charge is 0.493 e. The number of para-hydroxylation sites is 1. The normalized spacial score (nSPS) is 10.5. The van der Waals surface area contributed by atoms with Crippen molar-refractivity contribution in [3.05, 3.63) is 24.3 Å². The first-order valence-electron chi connectivity index (χ1n) is 4.15. The van der Waals surface area contributed by atoms with Gasteiger partial charge in [0.15, 0.2) is 11.4 Å². The van der Waals surface area contributed by atoms with Crippen LogP contribution in [0.3, 0.4) is 0 Å². The van der Waals surface area contributed by atoms with E-state index in [0.717, 1.165) is 5.39 Å². The first kappa shape index (κ1) is 9.11. The standard InChI is InChI=1S/C9H9BO4/c1-13-8-6-4-2-3-5-7(6)14-9(8)10(11)12/h2-5,11-12H,1H3. The number of benzene rings is 1. The van der Waals surface area contributed by atoms with Gasteiger partial charge < -0.3 is 19.2 Å². The van der Waals surface area contributed by atoms with Gasteiger partial charge in [0.1, 0.15) is 5.58 Å². The summed E-state index contributed by atoms with van der Waals surface area (Å²) in [5.74, 6) is 0.371. The molecule has 0 radical (unpaired) electrons. The summed E-state index contributed by atoms with van der Waals surface area (Å²) in [5.41, 5.74) is 0.612. The molecule has 0 spiro atoms. The first-order valence-corrected chi connectivity index (χ1v) is 4.15. The summed E-state index contributed by atoms with van der Waals surface area (Å²) in [6.07, 6.45) is 0. The van der Waals surface area contributed by atoms with Gasteiger partial charge in [-0.05, 0) is 12.1 Å². The van der Waals surface area contributed by atoms with Gasteiger partial charge in [0.25, 0.3) is 0 Å². The summed E-state index contributed by atoms with van der Waals surface area (Å²) in [6.45, 7) is 0. The molecule has 1 aromatic heterocycles. The molecule has 2 N–H and O–H groups in total. The third-order valence-electron chi connectivity index (χ3n) is 2.01. The van der Waals surface area contributed by atoms with Crippen LogP contribution >= 0.6 is 0 Å². The molecule has 0 saturated heterocycles. The number of hydrogen-bond donors (Lipinski definition) is 2. The van der Waals surface area contributed by atoms with Gasteiger partial charge in [0.05, 0.1) is 12.5 Å². The van der Waals surface area contributed by atoms with Crippen LogP contribution in [0.4, 0.5) is 0 Å². The van der Waals surface area contributed by atoms with E-state index in [1.54, 1.807) is 18.2 Å². The molecule has 14 heavy (non-hydrogen) atoms. The quantitative estimate of drug-likeness (QED) is 0.663. The lowest BCUT2D eigenvalue weighted by Gasteiger charge is -1.98. The minimum atomic E-state index is -1.66. The average molecular weight is 192 g/mol. The van der Waals surface area contributed by atoms with Gasteiger partial charge in [-0.25, -0.2) is 0 Å². The Morgan fingerprint density at radius 2 is 2.00 bits per heavy atom. The topological polar surface area (TPSA) is 62.8 Å². The molecule has 2 aromatic rings. The number of furan rings is 1. The van der Waals surface area contributed by atoms with Crippen molar-refractivity contribution < 1.29 is 19.2 Å². The molecule has 0 aliphatic heterocycles. The van der Waals surface area contributed by atoms with Crippen LogP contribution in [0.5, 0.6) is 5.75 Å². The van der Waals surface area contributed by atoms with E-state index in [2.05, 4.69) is 0 Å². The fraction of sp³-hybridized carbons (Fsp3) is 0.111. The number of methoxy groups -OCH3 is 1. The Labute approximate surface area is 80.9 Å². The van der Waals surface area contributed by atoms with E-state index in [1.807, 2.05) is 6.07 Å². The van der Waals surface area contributed by atoms with Gasteiger partial charge in [-0.1, -0.05) is 12.1 Å². The maximum absolute atomic E-state index is 9.02. The van der Waals surface area contributed by atoms with E-state index >= 15 is 0 Å². The minimum absolute atomic E-state index is 0.0358. The average Bonchev–Trinajstić information content (AvgIpc) is 2.56. The Balaban J connectivity index is 2.72. The summed E-state index contributed by atoms with van der Waals surface area (Å²) in [5, 5.41) is 18.8. The number of ether oxygens (including phenoxy) is 1. The van der Waals surface area contributed by atoms with Gasteiger partial charge in [-0.15, -0.1) is 0 Å². The van der Waals surface area contributed by atoms with Crippen LogP contribution in [0.2, 0.25) is 0 Å². The summed E-state index contributed by atoms with van der Waals surface area (Å²) in [4.78, 5) is 0. The summed E-state index contributed by atoms with van der Waals surface area (Å²) < 4.78 is 10.3. The van der Waals surface area contributed by atoms with Gasteiger partial charge in [-0.3, -0.25) is 0 Å². The molecule has 2 rings (SSSR count). The van der Waals surface area contributed by atoms with Crippen molar-refractivity contribution >= 4 is 23.7 Å². The lowest BCUT2D eigenvalue weighted by Crippen LogP contribution is -2.29.